The molecule has 9 rings (SSSR count). The number of allylic oxidation sites excluding steroid dienone is 5. The Balaban J connectivity index is 1.26. The molecule has 3 aliphatic carbocycles. The molecule has 2 amide bonds. The molecule has 1 N–H and O–H groups in total. The lowest BCUT2D eigenvalue weighted by atomic mass is 9.44. The second kappa shape index (κ2) is 11.4. The number of rotatable bonds is 4. The van der Waals surface area contributed by atoms with Gasteiger partial charge in [0.15, 0.2) is 11.6 Å². The molecular weight excluding hydrogens is 626 g/mol. The van der Waals surface area contributed by atoms with Crippen molar-refractivity contribution in [3.63, 3.8) is 0 Å². The predicted molar refractivity (Wildman–Crippen MR) is 187 cm³/mol. The number of amides is 2. The number of carbonyl (C=O) groups excluding carboxylic acids is 4. The normalized spacial score (nSPS) is 28.4. The van der Waals surface area contributed by atoms with E-state index < -0.39 is 35.0 Å². The van der Waals surface area contributed by atoms with Gasteiger partial charge >= 0.3 is 0 Å². The Bertz CT molecular complexity index is 2190. The highest BCUT2D eigenvalue weighted by atomic mass is 16.5. The first-order valence-corrected chi connectivity index (χ1v) is 17.1. The fourth-order valence-electron chi connectivity index (χ4n) is 9.52. The second-order valence-electron chi connectivity index (χ2n) is 13.9. The maximum absolute atomic E-state index is 15.2. The first-order valence-electron chi connectivity index (χ1n) is 17.1. The Morgan fingerprint density at radius 2 is 1.48 bits per heavy atom. The highest BCUT2D eigenvalue weighted by Gasteiger charge is 2.66. The SMILES string of the molecule is O=C1C(c2ccccc2)=CC(=O)C2(c3ccccc3)C1CC1C(=CCC3C(=O)N(c4ccccc4)C(=O)C31)C2C1=COc2ccc(O)cc2C1. The Kier molecular flexibility index (Phi) is 6.88. The van der Waals surface area contributed by atoms with Crippen LogP contribution < -0.4 is 9.64 Å². The predicted octanol–water partition coefficient (Wildman–Crippen LogP) is 6.77. The standard InChI is InChI=1S/C43H33NO6/c45-30-16-19-36-26(21-30)20-27(24-50-36)39-31-17-18-32-38(42(49)44(41(32)48)29-14-8-3-9-15-29)34(31)22-35-40(47)33(25-10-4-1-5-11-25)23-37(46)43(35,39)28-12-6-2-7-13-28/h1-17,19,21,23-24,32,34-35,38-39,45H,18,20,22H2. The molecule has 50 heavy (non-hydrogen) atoms. The number of para-hydroxylation sites is 1. The van der Waals surface area contributed by atoms with Crippen molar-refractivity contribution >= 4 is 34.6 Å². The summed E-state index contributed by atoms with van der Waals surface area (Å²) < 4.78 is 6.20. The van der Waals surface area contributed by atoms with Crippen molar-refractivity contribution in [1.82, 2.24) is 0 Å². The summed E-state index contributed by atoms with van der Waals surface area (Å²) in [5.74, 6) is -3.35. The van der Waals surface area contributed by atoms with Crippen molar-refractivity contribution in [2.45, 2.75) is 24.7 Å². The van der Waals surface area contributed by atoms with E-state index in [4.69, 9.17) is 4.74 Å². The number of imide groups is 1. The maximum Gasteiger partial charge on any atom is 0.238 e. The van der Waals surface area contributed by atoms with Gasteiger partial charge in [0.25, 0.3) is 0 Å². The first kappa shape index (κ1) is 30.3. The third-order valence-corrected chi connectivity index (χ3v) is 11.5. The summed E-state index contributed by atoms with van der Waals surface area (Å²) in [7, 11) is 0. The van der Waals surface area contributed by atoms with Gasteiger partial charge < -0.3 is 9.84 Å². The molecule has 2 heterocycles. The van der Waals surface area contributed by atoms with Crippen molar-refractivity contribution in [1.29, 1.82) is 0 Å². The number of aromatic hydroxyl groups is 1. The number of anilines is 1. The van der Waals surface area contributed by atoms with Crippen molar-refractivity contribution in [2.75, 3.05) is 4.90 Å². The molecule has 2 aliphatic heterocycles. The molecule has 7 nitrogen and oxygen atoms in total. The van der Waals surface area contributed by atoms with Crippen molar-refractivity contribution in [3.8, 4) is 11.5 Å². The van der Waals surface area contributed by atoms with Crippen LogP contribution in [0, 0.1) is 29.6 Å². The fourth-order valence-corrected chi connectivity index (χ4v) is 9.52. The zero-order chi connectivity index (χ0) is 34.1. The number of phenols is 1. The minimum Gasteiger partial charge on any atom is -0.508 e. The number of nitrogens with zero attached hydrogens (tertiary/aromatic N) is 1. The van der Waals surface area contributed by atoms with Gasteiger partial charge in [-0.15, -0.1) is 0 Å². The van der Waals surface area contributed by atoms with Gasteiger partial charge in [0.05, 0.1) is 29.2 Å². The van der Waals surface area contributed by atoms with Crippen LogP contribution in [0.2, 0.25) is 0 Å². The summed E-state index contributed by atoms with van der Waals surface area (Å²) in [5.41, 5.74) is 3.37. The summed E-state index contributed by atoms with van der Waals surface area (Å²) in [5, 5.41) is 10.4. The topological polar surface area (TPSA) is 101 Å². The number of hydrogen-bond acceptors (Lipinski definition) is 6. The van der Waals surface area contributed by atoms with Crippen molar-refractivity contribution < 1.29 is 29.0 Å². The average Bonchev–Trinajstić information content (AvgIpc) is 3.41. The molecule has 0 aromatic heterocycles. The number of carbonyl (C=O) groups is 4. The van der Waals surface area contributed by atoms with Crippen LogP contribution >= 0.6 is 0 Å². The zero-order valence-electron chi connectivity index (χ0n) is 27.1. The fraction of sp³-hybridized carbons (Fsp3) is 0.209. The molecule has 1 saturated heterocycles. The molecule has 6 atom stereocenters. The Morgan fingerprint density at radius 3 is 2.22 bits per heavy atom. The molecule has 5 aliphatic rings. The number of fused-ring (bicyclic) bond motifs is 5. The van der Waals surface area contributed by atoms with Crippen LogP contribution in [-0.2, 0) is 31.0 Å². The summed E-state index contributed by atoms with van der Waals surface area (Å²) in [6, 6.07) is 32.7. The van der Waals surface area contributed by atoms with E-state index in [-0.39, 0.29) is 35.6 Å². The van der Waals surface area contributed by atoms with Crippen LogP contribution in [0.4, 0.5) is 5.69 Å². The third kappa shape index (κ3) is 4.29. The van der Waals surface area contributed by atoms with Gasteiger partial charge in [0.1, 0.15) is 11.5 Å². The number of ketones is 2. The lowest BCUT2D eigenvalue weighted by molar-refractivity contribution is -0.136. The molecule has 0 radical (unpaired) electrons. The smallest absolute Gasteiger partial charge is 0.238 e. The Hall–Kier alpha value is -5.82. The zero-order valence-corrected chi connectivity index (χ0v) is 27.1. The quantitative estimate of drug-likeness (QED) is 0.192. The molecule has 0 bridgehead atoms. The highest BCUT2D eigenvalue weighted by Crippen LogP contribution is 2.63. The molecule has 0 spiro atoms. The second-order valence-corrected chi connectivity index (χ2v) is 13.9. The molecule has 1 saturated carbocycles. The van der Waals surface area contributed by atoms with Gasteiger partial charge in [-0.05, 0) is 71.9 Å². The minimum atomic E-state index is -1.33. The average molecular weight is 660 g/mol. The molecule has 7 heteroatoms. The molecule has 2 fully saturated rings. The van der Waals surface area contributed by atoms with Crippen LogP contribution in [0.15, 0.2) is 139 Å². The number of Topliss-reactive ketones (excluding diaryl/α,β-unsaturated/α-hetero) is 1. The number of benzene rings is 4. The van der Waals surface area contributed by atoms with Gasteiger partial charge in [0, 0.05) is 29.4 Å². The molecule has 6 unspecified atom stereocenters. The van der Waals surface area contributed by atoms with Crippen LogP contribution in [-0.4, -0.2) is 28.5 Å². The highest BCUT2D eigenvalue weighted by molar-refractivity contribution is 6.31. The lowest BCUT2D eigenvalue weighted by Gasteiger charge is -2.56. The van der Waals surface area contributed by atoms with Crippen molar-refractivity contribution in [2.24, 2.45) is 29.6 Å². The summed E-state index contributed by atoms with van der Waals surface area (Å²) in [6.45, 7) is 0. The molecule has 4 aromatic carbocycles. The van der Waals surface area contributed by atoms with Crippen LogP contribution in [0.3, 0.4) is 0 Å². The number of hydrogen-bond donors (Lipinski definition) is 1. The van der Waals surface area contributed by atoms with E-state index in [9.17, 15) is 14.7 Å². The summed E-state index contributed by atoms with van der Waals surface area (Å²) >= 11 is 0. The minimum absolute atomic E-state index is 0.0981. The van der Waals surface area contributed by atoms with Gasteiger partial charge in [-0.1, -0.05) is 90.5 Å². The van der Waals surface area contributed by atoms with Crippen LogP contribution in [0.5, 0.6) is 11.5 Å². The first-order chi connectivity index (χ1) is 24.4. The van der Waals surface area contributed by atoms with Gasteiger partial charge in [-0.25, -0.2) is 0 Å². The molecule has 246 valence electrons. The van der Waals surface area contributed by atoms with E-state index in [0.717, 1.165) is 22.3 Å². The Labute approximate surface area is 289 Å². The van der Waals surface area contributed by atoms with Gasteiger partial charge in [0.2, 0.25) is 11.8 Å². The number of ether oxygens (including phenoxy) is 1. The largest absolute Gasteiger partial charge is 0.508 e. The number of phenolic OH excluding ortho intramolecular Hbond substituents is 1. The lowest BCUT2D eigenvalue weighted by Crippen LogP contribution is -2.60. The van der Waals surface area contributed by atoms with E-state index in [0.29, 0.717) is 35.4 Å². The van der Waals surface area contributed by atoms with E-state index in [1.165, 1.54) is 11.0 Å². The van der Waals surface area contributed by atoms with E-state index in [1.54, 1.807) is 48.7 Å². The van der Waals surface area contributed by atoms with Crippen LogP contribution in [0.1, 0.15) is 29.5 Å². The van der Waals surface area contributed by atoms with Crippen molar-refractivity contribution in [3.05, 3.63) is 155 Å². The van der Waals surface area contributed by atoms with E-state index in [2.05, 4.69) is 6.08 Å². The van der Waals surface area contributed by atoms with E-state index >= 15 is 9.59 Å². The van der Waals surface area contributed by atoms with Crippen LogP contribution in [0.25, 0.3) is 5.57 Å². The Morgan fingerprint density at radius 1 is 0.780 bits per heavy atom. The summed E-state index contributed by atoms with van der Waals surface area (Å²) in [4.78, 5) is 60.0. The maximum atomic E-state index is 15.2. The molecule has 4 aromatic rings. The summed E-state index contributed by atoms with van der Waals surface area (Å²) in [6.07, 6.45) is 6.21. The van der Waals surface area contributed by atoms with Gasteiger partial charge in [-0.2, -0.15) is 0 Å². The van der Waals surface area contributed by atoms with E-state index in [1.807, 2.05) is 66.7 Å². The monoisotopic (exact) mass is 659 g/mol. The third-order valence-electron chi connectivity index (χ3n) is 11.5. The molecular formula is C43H33NO6. The van der Waals surface area contributed by atoms with Gasteiger partial charge in [-0.3, -0.25) is 24.1 Å².